The summed E-state index contributed by atoms with van der Waals surface area (Å²) in [7, 11) is 0. The van der Waals surface area contributed by atoms with Gasteiger partial charge >= 0.3 is 0 Å². The monoisotopic (exact) mass is 299 g/mol. The van der Waals surface area contributed by atoms with Crippen LogP contribution in [-0.4, -0.2) is 19.6 Å². The largest absolute Gasteiger partial charge is 0.387 e. The first kappa shape index (κ1) is 13.8. The van der Waals surface area contributed by atoms with Crippen molar-refractivity contribution in [2.45, 2.75) is 12.6 Å². The highest BCUT2D eigenvalue weighted by atomic mass is 35.5. The molecule has 1 N–H and O–H groups in total. The fourth-order valence-electron chi connectivity index (χ4n) is 2.22. The zero-order chi connectivity index (χ0) is 14.7. The molecule has 4 nitrogen and oxygen atoms in total. The van der Waals surface area contributed by atoms with Crippen LogP contribution in [0, 0.1) is 0 Å². The number of imidazole rings is 1. The minimum atomic E-state index is -0.645. The molecule has 0 radical (unpaired) electrons. The van der Waals surface area contributed by atoms with Gasteiger partial charge in [0, 0.05) is 35.4 Å². The Hall–Kier alpha value is -2.17. The quantitative estimate of drug-likeness (QED) is 0.804. The maximum Gasteiger partial charge on any atom is 0.141 e. The second-order valence-corrected chi connectivity index (χ2v) is 5.15. The number of rotatable bonds is 4. The number of pyridine rings is 1. The zero-order valence-electron chi connectivity index (χ0n) is 11.2. The Balaban J connectivity index is 1.85. The van der Waals surface area contributed by atoms with Crippen molar-refractivity contribution in [1.29, 1.82) is 0 Å². The van der Waals surface area contributed by atoms with Crippen molar-refractivity contribution >= 4 is 11.6 Å². The number of aromatic nitrogens is 3. The first-order valence-corrected chi connectivity index (χ1v) is 6.97. The van der Waals surface area contributed by atoms with Crippen LogP contribution in [0.15, 0.2) is 61.2 Å². The van der Waals surface area contributed by atoms with E-state index in [1.807, 2.05) is 35.0 Å². The van der Waals surface area contributed by atoms with E-state index < -0.39 is 6.10 Å². The summed E-state index contributed by atoms with van der Waals surface area (Å²) < 4.78 is 1.91. The van der Waals surface area contributed by atoms with Crippen LogP contribution in [0.5, 0.6) is 0 Å². The lowest BCUT2D eigenvalue weighted by Gasteiger charge is -2.14. The lowest BCUT2D eigenvalue weighted by atomic mass is 10.1. The minimum Gasteiger partial charge on any atom is -0.387 e. The van der Waals surface area contributed by atoms with Crippen molar-refractivity contribution in [1.82, 2.24) is 14.5 Å². The highest BCUT2D eigenvalue weighted by Crippen LogP contribution is 2.22. The van der Waals surface area contributed by atoms with E-state index >= 15 is 0 Å². The predicted molar refractivity (Wildman–Crippen MR) is 81.9 cm³/mol. The number of benzene rings is 1. The van der Waals surface area contributed by atoms with Crippen LogP contribution in [0.4, 0.5) is 0 Å². The van der Waals surface area contributed by atoms with Gasteiger partial charge in [-0.2, -0.15) is 0 Å². The summed E-state index contributed by atoms with van der Waals surface area (Å²) >= 11 is 5.96. The molecule has 0 saturated carbocycles. The fraction of sp³-hybridized carbons (Fsp3) is 0.125. The minimum absolute atomic E-state index is 0.407. The molecule has 0 spiro atoms. The van der Waals surface area contributed by atoms with E-state index in [1.54, 1.807) is 30.7 Å². The van der Waals surface area contributed by atoms with Crippen LogP contribution in [0.25, 0.3) is 11.4 Å². The fourth-order valence-corrected chi connectivity index (χ4v) is 2.42. The third-order valence-corrected chi connectivity index (χ3v) is 3.47. The number of hydrogen-bond donors (Lipinski definition) is 1. The van der Waals surface area contributed by atoms with Crippen LogP contribution >= 0.6 is 11.6 Å². The molecule has 1 atom stereocenters. The number of aliphatic hydroxyl groups is 1. The summed E-state index contributed by atoms with van der Waals surface area (Å²) in [5, 5.41) is 11.0. The van der Waals surface area contributed by atoms with Crippen molar-refractivity contribution in [3.8, 4) is 11.4 Å². The van der Waals surface area contributed by atoms with Crippen LogP contribution < -0.4 is 0 Å². The Kier molecular flexibility index (Phi) is 3.99. The second kappa shape index (κ2) is 6.08. The maximum absolute atomic E-state index is 10.4. The second-order valence-electron chi connectivity index (χ2n) is 4.72. The molecule has 2 heterocycles. The SMILES string of the molecule is O[C@H](Cn1ccnc1-c1cccnc1)c1cccc(Cl)c1. The molecule has 21 heavy (non-hydrogen) atoms. The van der Waals surface area contributed by atoms with Crippen LogP contribution in [-0.2, 0) is 6.54 Å². The molecular formula is C16H14ClN3O. The van der Waals surface area contributed by atoms with Crippen molar-refractivity contribution in [2.24, 2.45) is 0 Å². The molecule has 3 rings (SSSR count). The van der Waals surface area contributed by atoms with Crippen molar-refractivity contribution < 1.29 is 5.11 Å². The maximum atomic E-state index is 10.4. The lowest BCUT2D eigenvalue weighted by molar-refractivity contribution is 0.157. The molecule has 0 unspecified atom stereocenters. The van der Waals surface area contributed by atoms with Gasteiger partial charge in [0.05, 0.1) is 12.6 Å². The molecule has 2 aromatic heterocycles. The number of hydrogen-bond acceptors (Lipinski definition) is 3. The summed E-state index contributed by atoms with van der Waals surface area (Å²) in [5.41, 5.74) is 1.70. The lowest BCUT2D eigenvalue weighted by Crippen LogP contribution is -2.09. The molecule has 0 bridgehead atoms. The Morgan fingerprint density at radius 1 is 1.19 bits per heavy atom. The van der Waals surface area contributed by atoms with Gasteiger partial charge in [0.25, 0.3) is 0 Å². The van der Waals surface area contributed by atoms with Crippen molar-refractivity contribution in [3.63, 3.8) is 0 Å². The number of nitrogens with zero attached hydrogens (tertiary/aromatic N) is 3. The van der Waals surface area contributed by atoms with Gasteiger partial charge in [0.15, 0.2) is 0 Å². The highest BCUT2D eigenvalue weighted by molar-refractivity contribution is 6.30. The van der Waals surface area contributed by atoms with Crippen molar-refractivity contribution in [3.05, 3.63) is 71.8 Å². The van der Waals surface area contributed by atoms with E-state index in [0.717, 1.165) is 17.0 Å². The van der Waals surface area contributed by atoms with Gasteiger partial charge in [-0.05, 0) is 29.8 Å². The van der Waals surface area contributed by atoms with Crippen LogP contribution in [0.1, 0.15) is 11.7 Å². The van der Waals surface area contributed by atoms with E-state index in [-0.39, 0.29) is 0 Å². The smallest absolute Gasteiger partial charge is 0.141 e. The Bertz CT molecular complexity index is 727. The van der Waals surface area contributed by atoms with Crippen LogP contribution in [0.3, 0.4) is 0 Å². The van der Waals surface area contributed by atoms with Gasteiger partial charge in [-0.3, -0.25) is 4.98 Å². The van der Waals surface area contributed by atoms with Gasteiger partial charge in [-0.15, -0.1) is 0 Å². The molecule has 0 aliphatic heterocycles. The normalized spacial score (nSPS) is 12.3. The molecule has 0 fully saturated rings. The Labute approximate surface area is 127 Å². The third kappa shape index (κ3) is 3.12. The Morgan fingerprint density at radius 2 is 2.10 bits per heavy atom. The standard InChI is InChI=1S/C16H14ClN3O/c17-14-5-1-3-12(9-14)15(21)11-20-8-7-19-16(20)13-4-2-6-18-10-13/h1-10,15,21H,11H2/t15-/m1/s1. The zero-order valence-corrected chi connectivity index (χ0v) is 12.0. The summed E-state index contributed by atoms with van der Waals surface area (Å²) in [6.07, 6.45) is 6.39. The van der Waals surface area contributed by atoms with Gasteiger partial charge < -0.3 is 9.67 Å². The molecule has 1 aromatic carbocycles. The molecule has 106 valence electrons. The molecule has 5 heteroatoms. The van der Waals surface area contributed by atoms with E-state index in [0.29, 0.717) is 11.6 Å². The van der Waals surface area contributed by atoms with Gasteiger partial charge in [0.2, 0.25) is 0 Å². The third-order valence-electron chi connectivity index (χ3n) is 3.24. The summed E-state index contributed by atoms with van der Waals surface area (Å²) in [4.78, 5) is 8.43. The van der Waals surface area contributed by atoms with Crippen LogP contribution in [0.2, 0.25) is 5.02 Å². The van der Waals surface area contributed by atoms with Gasteiger partial charge in [0.1, 0.15) is 5.82 Å². The number of aliphatic hydroxyl groups excluding tert-OH is 1. The summed E-state index contributed by atoms with van der Waals surface area (Å²) in [6, 6.07) is 11.1. The molecule has 0 aliphatic rings. The molecule has 0 saturated heterocycles. The van der Waals surface area contributed by atoms with E-state index in [9.17, 15) is 5.11 Å². The highest BCUT2D eigenvalue weighted by Gasteiger charge is 2.12. The molecule has 3 aromatic rings. The predicted octanol–water partition coefficient (Wildman–Crippen LogP) is 3.33. The van der Waals surface area contributed by atoms with Crippen molar-refractivity contribution in [2.75, 3.05) is 0 Å². The summed E-state index contributed by atoms with van der Waals surface area (Å²) in [5.74, 6) is 0.782. The van der Waals surface area contributed by atoms with E-state index in [4.69, 9.17) is 11.6 Å². The molecule has 0 aliphatic carbocycles. The topological polar surface area (TPSA) is 50.9 Å². The Morgan fingerprint density at radius 3 is 2.86 bits per heavy atom. The number of halogens is 1. The van der Waals surface area contributed by atoms with E-state index in [2.05, 4.69) is 9.97 Å². The molecule has 0 amide bonds. The average Bonchev–Trinajstić information content (AvgIpc) is 2.96. The van der Waals surface area contributed by atoms with Gasteiger partial charge in [-0.25, -0.2) is 4.98 Å². The van der Waals surface area contributed by atoms with Gasteiger partial charge in [-0.1, -0.05) is 23.7 Å². The summed E-state index contributed by atoms with van der Waals surface area (Å²) in [6.45, 7) is 0.407. The van der Waals surface area contributed by atoms with E-state index in [1.165, 1.54) is 0 Å². The average molecular weight is 300 g/mol. The first-order chi connectivity index (χ1) is 10.2. The first-order valence-electron chi connectivity index (χ1n) is 6.59. The molecular weight excluding hydrogens is 286 g/mol.